The molecule has 0 unspecified atom stereocenters. The second kappa shape index (κ2) is 7.91. The summed E-state index contributed by atoms with van der Waals surface area (Å²) < 4.78 is 10.3. The fourth-order valence-electron chi connectivity index (χ4n) is 4.38. The molecule has 2 aromatic rings. The standard InChI is InChI=1S/C21H27N3O3S/c1-20(23-18(25)17-5-3-2-4-6-17)9-12-27-21(19(20)26)7-10-24(11-8-21)14-16-13-22-28-15-16/h2-6,13,15,19,26H,7-12,14H2,1H3,(H,23,25)/t19-,20+/m1/s1. The molecule has 0 bridgehead atoms. The van der Waals surface area contributed by atoms with Gasteiger partial charge in [-0.1, -0.05) is 18.2 Å². The van der Waals surface area contributed by atoms with Crippen molar-refractivity contribution < 1.29 is 14.6 Å². The van der Waals surface area contributed by atoms with Crippen LogP contribution in [0.25, 0.3) is 0 Å². The molecule has 2 aliphatic heterocycles. The monoisotopic (exact) mass is 401 g/mol. The van der Waals surface area contributed by atoms with Crippen LogP contribution in [0.3, 0.4) is 0 Å². The summed E-state index contributed by atoms with van der Waals surface area (Å²) >= 11 is 1.47. The number of aromatic nitrogens is 1. The molecule has 0 saturated carbocycles. The quantitative estimate of drug-likeness (QED) is 0.823. The number of amides is 1. The normalized spacial score (nSPS) is 27.6. The number of nitrogens with zero attached hydrogens (tertiary/aromatic N) is 2. The van der Waals surface area contributed by atoms with E-state index in [0.29, 0.717) is 18.6 Å². The Balaban J connectivity index is 1.42. The molecule has 28 heavy (non-hydrogen) atoms. The number of aliphatic hydroxyl groups is 1. The molecule has 150 valence electrons. The van der Waals surface area contributed by atoms with Crippen LogP contribution in [0.5, 0.6) is 0 Å². The Morgan fingerprint density at radius 3 is 2.75 bits per heavy atom. The molecule has 0 aliphatic carbocycles. The average molecular weight is 402 g/mol. The van der Waals surface area contributed by atoms with Crippen molar-refractivity contribution in [2.75, 3.05) is 19.7 Å². The first-order chi connectivity index (χ1) is 13.5. The zero-order valence-corrected chi connectivity index (χ0v) is 17.0. The number of carbonyl (C=O) groups is 1. The van der Waals surface area contributed by atoms with E-state index in [1.54, 1.807) is 12.1 Å². The lowest BCUT2D eigenvalue weighted by molar-refractivity contribution is -0.205. The van der Waals surface area contributed by atoms with E-state index in [2.05, 4.69) is 20.0 Å². The molecule has 2 saturated heterocycles. The number of rotatable bonds is 4. The van der Waals surface area contributed by atoms with E-state index in [-0.39, 0.29) is 5.91 Å². The first-order valence-electron chi connectivity index (χ1n) is 9.81. The number of benzene rings is 1. The van der Waals surface area contributed by atoms with Crippen molar-refractivity contribution in [3.8, 4) is 0 Å². The van der Waals surface area contributed by atoms with Gasteiger partial charge in [-0.05, 0) is 55.4 Å². The smallest absolute Gasteiger partial charge is 0.251 e. The zero-order valence-electron chi connectivity index (χ0n) is 16.1. The minimum absolute atomic E-state index is 0.151. The van der Waals surface area contributed by atoms with Crippen LogP contribution in [0, 0.1) is 0 Å². The van der Waals surface area contributed by atoms with E-state index in [0.717, 1.165) is 32.5 Å². The Labute approximate surface area is 169 Å². The van der Waals surface area contributed by atoms with Gasteiger partial charge < -0.3 is 15.2 Å². The number of piperidine rings is 1. The third-order valence-electron chi connectivity index (χ3n) is 6.14. The number of hydrogen-bond acceptors (Lipinski definition) is 6. The van der Waals surface area contributed by atoms with Crippen LogP contribution in [0.2, 0.25) is 0 Å². The van der Waals surface area contributed by atoms with Crippen molar-refractivity contribution in [2.24, 2.45) is 0 Å². The third-order valence-corrected chi connectivity index (χ3v) is 6.78. The van der Waals surface area contributed by atoms with Crippen LogP contribution in [-0.2, 0) is 11.3 Å². The fourth-order valence-corrected chi connectivity index (χ4v) is 4.91. The van der Waals surface area contributed by atoms with Gasteiger partial charge in [0.15, 0.2) is 0 Å². The molecule has 0 radical (unpaired) electrons. The highest BCUT2D eigenvalue weighted by Gasteiger charge is 2.53. The van der Waals surface area contributed by atoms with E-state index in [9.17, 15) is 9.90 Å². The largest absolute Gasteiger partial charge is 0.388 e. The van der Waals surface area contributed by atoms with Crippen LogP contribution in [-0.4, -0.2) is 57.2 Å². The molecule has 2 aliphatic rings. The van der Waals surface area contributed by atoms with Gasteiger partial charge in [0.25, 0.3) is 5.91 Å². The van der Waals surface area contributed by atoms with Crippen molar-refractivity contribution in [2.45, 2.75) is 50.0 Å². The van der Waals surface area contributed by atoms with Gasteiger partial charge in [0.05, 0.1) is 11.1 Å². The van der Waals surface area contributed by atoms with Gasteiger partial charge in [0.2, 0.25) is 0 Å². The maximum atomic E-state index is 12.7. The van der Waals surface area contributed by atoms with Crippen molar-refractivity contribution >= 4 is 17.4 Å². The van der Waals surface area contributed by atoms with Crippen molar-refractivity contribution in [3.05, 3.63) is 53.0 Å². The molecule has 2 atom stereocenters. The molecule has 2 N–H and O–H groups in total. The van der Waals surface area contributed by atoms with Crippen molar-refractivity contribution in [3.63, 3.8) is 0 Å². The molecular weight excluding hydrogens is 374 g/mol. The summed E-state index contributed by atoms with van der Waals surface area (Å²) in [7, 11) is 0. The highest BCUT2D eigenvalue weighted by molar-refractivity contribution is 7.03. The predicted octanol–water partition coefficient (Wildman–Crippen LogP) is 2.45. The maximum Gasteiger partial charge on any atom is 0.251 e. The Bertz CT molecular complexity index is 790. The second-order valence-electron chi connectivity index (χ2n) is 8.11. The van der Waals surface area contributed by atoms with Crippen LogP contribution < -0.4 is 5.32 Å². The summed E-state index contributed by atoms with van der Waals surface area (Å²) in [5, 5.41) is 16.4. The predicted molar refractivity (Wildman–Crippen MR) is 108 cm³/mol. The van der Waals surface area contributed by atoms with Crippen LogP contribution >= 0.6 is 11.5 Å². The Hall–Kier alpha value is -1.80. The summed E-state index contributed by atoms with van der Waals surface area (Å²) in [5.74, 6) is -0.151. The molecular formula is C21H27N3O3S. The lowest BCUT2D eigenvalue weighted by atomic mass is 9.73. The van der Waals surface area contributed by atoms with Crippen molar-refractivity contribution in [1.82, 2.24) is 14.6 Å². The lowest BCUT2D eigenvalue weighted by Gasteiger charge is -2.53. The number of carbonyl (C=O) groups excluding carboxylic acids is 1. The van der Waals surface area contributed by atoms with E-state index < -0.39 is 17.2 Å². The molecule has 1 amide bonds. The van der Waals surface area contributed by atoms with Gasteiger partial charge in [0, 0.05) is 43.4 Å². The van der Waals surface area contributed by atoms with Gasteiger partial charge in [-0.2, -0.15) is 0 Å². The van der Waals surface area contributed by atoms with Gasteiger partial charge in [-0.3, -0.25) is 9.69 Å². The summed E-state index contributed by atoms with van der Waals surface area (Å²) in [6.07, 6.45) is 3.27. The van der Waals surface area contributed by atoms with Crippen LogP contribution in [0.4, 0.5) is 0 Å². The Kier molecular flexibility index (Phi) is 5.51. The molecule has 1 spiro atoms. The third kappa shape index (κ3) is 3.85. The van der Waals surface area contributed by atoms with Gasteiger partial charge in [0.1, 0.15) is 6.10 Å². The van der Waals surface area contributed by atoms with E-state index in [1.807, 2.05) is 31.3 Å². The Morgan fingerprint density at radius 1 is 1.32 bits per heavy atom. The summed E-state index contributed by atoms with van der Waals surface area (Å²) in [6.45, 7) is 5.07. The van der Waals surface area contributed by atoms with Crippen LogP contribution in [0.15, 0.2) is 41.9 Å². The number of aliphatic hydroxyl groups excluding tert-OH is 1. The summed E-state index contributed by atoms with van der Waals surface area (Å²) in [6, 6.07) is 9.16. The number of hydrogen-bond donors (Lipinski definition) is 2. The zero-order chi connectivity index (χ0) is 19.6. The number of likely N-dealkylation sites (tertiary alicyclic amines) is 1. The molecule has 7 heteroatoms. The minimum atomic E-state index is -0.744. The SMILES string of the molecule is C[C@]1(NC(=O)c2ccccc2)CCOC2(CCN(Cc3cnsc3)CC2)[C@@H]1O. The summed E-state index contributed by atoms with van der Waals surface area (Å²) in [5.41, 5.74) is 0.534. The first-order valence-corrected chi connectivity index (χ1v) is 10.6. The average Bonchev–Trinajstić information content (AvgIpc) is 3.22. The van der Waals surface area contributed by atoms with Gasteiger partial charge in [-0.25, -0.2) is 4.37 Å². The van der Waals surface area contributed by atoms with E-state index in [4.69, 9.17) is 4.74 Å². The molecule has 1 aromatic carbocycles. The molecule has 4 rings (SSSR count). The van der Waals surface area contributed by atoms with E-state index in [1.165, 1.54) is 17.1 Å². The second-order valence-corrected chi connectivity index (χ2v) is 8.77. The minimum Gasteiger partial charge on any atom is -0.388 e. The molecule has 1 aromatic heterocycles. The van der Waals surface area contributed by atoms with Gasteiger partial charge in [-0.15, -0.1) is 0 Å². The fraction of sp³-hybridized carbons (Fsp3) is 0.524. The first kappa shape index (κ1) is 19.5. The van der Waals surface area contributed by atoms with Crippen LogP contribution in [0.1, 0.15) is 42.1 Å². The van der Waals surface area contributed by atoms with E-state index >= 15 is 0 Å². The number of ether oxygens (including phenoxy) is 1. The highest BCUT2D eigenvalue weighted by atomic mass is 32.1. The summed E-state index contributed by atoms with van der Waals surface area (Å²) in [4.78, 5) is 15.1. The molecule has 6 nitrogen and oxygen atoms in total. The molecule has 2 fully saturated rings. The molecule has 3 heterocycles. The number of nitrogens with one attached hydrogen (secondary N) is 1. The lowest BCUT2D eigenvalue weighted by Crippen LogP contribution is -2.69. The highest BCUT2D eigenvalue weighted by Crippen LogP contribution is 2.40. The maximum absolute atomic E-state index is 12.7. The van der Waals surface area contributed by atoms with Crippen molar-refractivity contribution in [1.29, 1.82) is 0 Å². The Morgan fingerprint density at radius 2 is 2.07 bits per heavy atom. The van der Waals surface area contributed by atoms with Gasteiger partial charge >= 0.3 is 0 Å². The topological polar surface area (TPSA) is 74.7 Å².